The Morgan fingerprint density at radius 1 is 1.35 bits per heavy atom. The van der Waals surface area contributed by atoms with Gasteiger partial charge in [0.15, 0.2) is 0 Å². The Morgan fingerprint density at radius 2 is 2.15 bits per heavy atom. The molecule has 0 aliphatic carbocycles. The number of carbonyl (C=O) groups is 1. The number of hydrogen-bond acceptors (Lipinski definition) is 4. The number of nitrogens with one attached hydrogen (secondary N) is 3. The molecule has 2 rings (SSSR count). The summed E-state index contributed by atoms with van der Waals surface area (Å²) in [5, 5.41) is 12.9. The second-order valence-corrected chi connectivity index (χ2v) is 4.60. The van der Waals surface area contributed by atoms with Crippen molar-refractivity contribution in [3.8, 4) is 0 Å². The topological polar surface area (TPSA) is 82.7 Å². The van der Waals surface area contributed by atoms with Crippen LogP contribution < -0.4 is 10.6 Å². The molecule has 0 saturated carbocycles. The first-order valence-corrected chi connectivity index (χ1v) is 6.65. The van der Waals surface area contributed by atoms with Gasteiger partial charge in [0, 0.05) is 6.54 Å². The summed E-state index contributed by atoms with van der Waals surface area (Å²) in [4.78, 5) is 16.5. The summed E-state index contributed by atoms with van der Waals surface area (Å²) in [5.41, 5.74) is 2.68. The smallest absolute Gasteiger partial charge is 0.274 e. The highest BCUT2D eigenvalue weighted by atomic mass is 16.1. The quantitative estimate of drug-likeness (QED) is 0.781. The average molecular weight is 273 g/mol. The molecule has 0 atom stereocenters. The summed E-state index contributed by atoms with van der Waals surface area (Å²) in [5.74, 6) is 0.470. The minimum absolute atomic E-state index is 0.238. The average Bonchev–Trinajstić information content (AvgIpc) is 2.77. The Labute approximate surface area is 118 Å². The summed E-state index contributed by atoms with van der Waals surface area (Å²) < 4.78 is 0. The van der Waals surface area contributed by atoms with Gasteiger partial charge in [-0.1, -0.05) is 13.0 Å². The summed E-state index contributed by atoms with van der Waals surface area (Å²) in [6.07, 6.45) is 1.01. The van der Waals surface area contributed by atoms with Gasteiger partial charge in [-0.3, -0.25) is 9.89 Å². The molecule has 6 heteroatoms. The minimum atomic E-state index is -0.238. The van der Waals surface area contributed by atoms with Gasteiger partial charge >= 0.3 is 0 Å². The molecule has 0 spiro atoms. The molecule has 3 N–H and O–H groups in total. The van der Waals surface area contributed by atoms with Crippen LogP contribution in [0.15, 0.2) is 18.2 Å². The largest absolute Gasteiger partial charge is 0.370 e. The zero-order valence-electron chi connectivity index (χ0n) is 11.9. The molecule has 0 fully saturated rings. The number of H-pyrrole nitrogens is 1. The number of rotatable bonds is 5. The Bertz CT molecular complexity index is 586. The lowest BCUT2D eigenvalue weighted by Crippen LogP contribution is -2.15. The monoisotopic (exact) mass is 273 g/mol. The van der Waals surface area contributed by atoms with Crippen LogP contribution in [0.1, 0.15) is 35.2 Å². The van der Waals surface area contributed by atoms with Crippen LogP contribution in [-0.2, 0) is 0 Å². The van der Waals surface area contributed by atoms with Gasteiger partial charge in [-0.25, -0.2) is 4.98 Å². The molecule has 0 unspecified atom stereocenters. The molecule has 2 heterocycles. The maximum atomic E-state index is 12.2. The highest BCUT2D eigenvalue weighted by Gasteiger charge is 2.13. The highest BCUT2D eigenvalue weighted by molar-refractivity contribution is 6.03. The SMILES string of the molecule is CCCNc1cccc(C(=O)Nc2c(C)n[nH]c2C)n1. The van der Waals surface area contributed by atoms with Crippen LogP contribution in [0, 0.1) is 13.8 Å². The molecule has 6 nitrogen and oxygen atoms in total. The number of pyridine rings is 1. The molecule has 20 heavy (non-hydrogen) atoms. The molecular formula is C14H19N5O. The molecular weight excluding hydrogens is 254 g/mol. The molecule has 0 bridgehead atoms. The molecule has 0 aromatic carbocycles. The second-order valence-electron chi connectivity index (χ2n) is 4.60. The Balaban J connectivity index is 2.13. The Hall–Kier alpha value is -2.37. The van der Waals surface area contributed by atoms with Crippen molar-refractivity contribution in [2.75, 3.05) is 17.2 Å². The van der Waals surface area contributed by atoms with Crippen LogP contribution in [0.3, 0.4) is 0 Å². The van der Waals surface area contributed by atoms with Crippen molar-refractivity contribution in [3.63, 3.8) is 0 Å². The predicted octanol–water partition coefficient (Wildman–Crippen LogP) is 2.50. The standard InChI is InChI=1S/C14H19N5O/c1-4-8-15-12-7-5-6-11(16-12)14(20)17-13-9(2)18-19-10(13)3/h5-7H,4,8H2,1-3H3,(H,15,16)(H,17,20)(H,18,19). The van der Waals surface area contributed by atoms with E-state index in [4.69, 9.17) is 0 Å². The summed E-state index contributed by atoms with van der Waals surface area (Å²) >= 11 is 0. The zero-order chi connectivity index (χ0) is 14.5. The van der Waals surface area contributed by atoms with Crippen LogP contribution >= 0.6 is 0 Å². The van der Waals surface area contributed by atoms with Crippen molar-refractivity contribution in [3.05, 3.63) is 35.3 Å². The lowest BCUT2D eigenvalue weighted by Gasteiger charge is -2.07. The minimum Gasteiger partial charge on any atom is -0.370 e. The van der Waals surface area contributed by atoms with Gasteiger partial charge in [-0.05, 0) is 32.4 Å². The van der Waals surface area contributed by atoms with Crippen molar-refractivity contribution < 1.29 is 4.79 Å². The number of hydrogen-bond donors (Lipinski definition) is 3. The van der Waals surface area contributed by atoms with Gasteiger partial charge in [-0.15, -0.1) is 0 Å². The van der Waals surface area contributed by atoms with Crippen LogP contribution in [0.25, 0.3) is 0 Å². The van der Waals surface area contributed by atoms with Gasteiger partial charge in [0.2, 0.25) is 0 Å². The molecule has 2 aromatic rings. The van der Waals surface area contributed by atoms with Crippen molar-refractivity contribution in [2.24, 2.45) is 0 Å². The fourth-order valence-corrected chi connectivity index (χ4v) is 1.83. The van der Waals surface area contributed by atoms with Crippen LogP contribution in [-0.4, -0.2) is 27.6 Å². The van der Waals surface area contributed by atoms with Gasteiger partial charge in [0.25, 0.3) is 5.91 Å². The van der Waals surface area contributed by atoms with E-state index >= 15 is 0 Å². The van der Waals surface area contributed by atoms with Crippen LogP contribution in [0.4, 0.5) is 11.5 Å². The van der Waals surface area contributed by atoms with Crippen LogP contribution in [0.5, 0.6) is 0 Å². The summed E-state index contributed by atoms with van der Waals surface area (Å²) in [7, 11) is 0. The fourth-order valence-electron chi connectivity index (χ4n) is 1.83. The molecule has 0 saturated heterocycles. The molecule has 0 aliphatic heterocycles. The Morgan fingerprint density at radius 3 is 2.80 bits per heavy atom. The number of aromatic amines is 1. The normalized spacial score (nSPS) is 10.3. The third kappa shape index (κ3) is 3.14. The lowest BCUT2D eigenvalue weighted by atomic mass is 10.3. The van der Waals surface area contributed by atoms with E-state index in [1.807, 2.05) is 26.0 Å². The zero-order valence-corrected chi connectivity index (χ0v) is 11.9. The van der Waals surface area contributed by atoms with E-state index in [0.29, 0.717) is 17.2 Å². The maximum Gasteiger partial charge on any atom is 0.274 e. The van der Waals surface area contributed by atoms with E-state index in [1.165, 1.54) is 0 Å². The van der Waals surface area contributed by atoms with Gasteiger partial charge in [0.1, 0.15) is 11.5 Å². The number of aromatic nitrogens is 3. The summed E-state index contributed by atoms with van der Waals surface area (Å²) in [6.45, 7) is 6.61. The molecule has 1 amide bonds. The first-order chi connectivity index (χ1) is 9.61. The van der Waals surface area contributed by atoms with E-state index in [-0.39, 0.29) is 5.91 Å². The fraction of sp³-hybridized carbons (Fsp3) is 0.357. The van der Waals surface area contributed by atoms with Gasteiger partial charge in [-0.2, -0.15) is 5.10 Å². The highest BCUT2D eigenvalue weighted by Crippen LogP contribution is 2.17. The first-order valence-electron chi connectivity index (χ1n) is 6.65. The summed E-state index contributed by atoms with van der Waals surface area (Å²) in [6, 6.07) is 5.35. The van der Waals surface area contributed by atoms with E-state index < -0.39 is 0 Å². The van der Waals surface area contributed by atoms with E-state index in [2.05, 4.69) is 32.7 Å². The van der Waals surface area contributed by atoms with Crippen molar-refractivity contribution >= 4 is 17.4 Å². The number of anilines is 2. The second kappa shape index (κ2) is 6.18. The molecule has 106 valence electrons. The van der Waals surface area contributed by atoms with E-state index in [9.17, 15) is 4.79 Å². The van der Waals surface area contributed by atoms with Gasteiger partial charge in [0.05, 0.1) is 17.1 Å². The number of aryl methyl sites for hydroxylation is 2. The number of amides is 1. The Kier molecular flexibility index (Phi) is 4.34. The van der Waals surface area contributed by atoms with Crippen LogP contribution in [0.2, 0.25) is 0 Å². The van der Waals surface area contributed by atoms with E-state index in [1.54, 1.807) is 6.07 Å². The van der Waals surface area contributed by atoms with E-state index in [0.717, 1.165) is 24.4 Å². The van der Waals surface area contributed by atoms with Gasteiger partial charge < -0.3 is 10.6 Å². The first kappa shape index (κ1) is 14.0. The maximum absolute atomic E-state index is 12.2. The number of carbonyl (C=O) groups excluding carboxylic acids is 1. The van der Waals surface area contributed by atoms with Crippen molar-refractivity contribution in [1.29, 1.82) is 0 Å². The van der Waals surface area contributed by atoms with Crippen molar-refractivity contribution in [2.45, 2.75) is 27.2 Å². The third-order valence-corrected chi connectivity index (χ3v) is 2.90. The number of nitrogens with zero attached hydrogens (tertiary/aromatic N) is 2. The molecule has 0 radical (unpaired) electrons. The molecule has 2 aromatic heterocycles. The molecule has 0 aliphatic rings. The van der Waals surface area contributed by atoms with Crippen molar-refractivity contribution in [1.82, 2.24) is 15.2 Å². The predicted molar refractivity (Wildman–Crippen MR) is 79.0 cm³/mol. The third-order valence-electron chi connectivity index (χ3n) is 2.90. The lowest BCUT2D eigenvalue weighted by molar-refractivity contribution is 0.102.